The molecule has 2 aromatic heterocycles. The molecule has 0 spiro atoms. The van der Waals surface area contributed by atoms with E-state index in [0.29, 0.717) is 5.69 Å². The molecule has 0 bridgehead atoms. The summed E-state index contributed by atoms with van der Waals surface area (Å²) in [7, 11) is 0. The lowest BCUT2D eigenvalue weighted by atomic mass is 10.2. The minimum absolute atomic E-state index is 0.208. The fraction of sp³-hybridized carbons (Fsp3) is 0.200. The maximum absolute atomic E-state index is 12.4. The number of hydrogen-bond acceptors (Lipinski definition) is 2. The predicted molar refractivity (Wildman–Crippen MR) is 51.6 cm³/mol. The highest BCUT2D eigenvalue weighted by molar-refractivity contribution is 5.54. The van der Waals surface area contributed by atoms with Gasteiger partial charge in [-0.1, -0.05) is 6.07 Å². The second-order valence-corrected chi connectivity index (χ2v) is 3.34. The first-order valence-electron chi connectivity index (χ1n) is 4.53. The fourth-order valence-electron chi connectivity index (χ4n) is 1.28. The van der Waals surface area contributed by atoms with Gasteiger partial charge in [0.05, 0.1) is 5.69 Å². The first-order chi connectivity index (χ1) is 7.47. The molecule has 0 fully saturated rings. The highest BCUT2D eigenvalue weighted by Crippen LogP contribution is 2.28. The van der Waals surface area contributed by atoms with Crippen LogP contribution in [0.15, 0.2) is 24.3 Å². The van der Waals surface area contributed by atoms with Crippen LogP contribution in [-0.2, 0) is 6.18 Å². The second-order valence-electron chi connectivity index (χ2n) is 3.34. The van der Waals surface area contributed by atoms with Gasteiger partial charge in [0.15, 0.2) is 0 Å². The molecule has 0 aliphatic heterocycles. The number of nitrogens with one attached hydrogen (secondary N) is 1. The summed E-state index contributed by atoms with van der Waals surface area (Å²) >= 11 is 0. The quantitative estimate of drug-likeness (QED) is 0.813. The molecule has 6 heteroatoms. The zero-order chi connectivity index (χ0) is 11.8. The van der Waals surface area contributed by atoms with E-state index in [0.717, 1.165) is 11.8 Å². The molecule has 2 aromatic rings. The maximum Gasteiger partial charge on any atom is 0.433 e. The van der Waals surface area contributed by atoms with Crippen molar-refractivity contribution < 1.29 is 13.2 Å². The van der Waals surface area contributed by atoms with E-state index in [1.54, 1.807) is 13.0 Å². The van der Waals surface area contributed by atoms with Gasteiger partial charge in [-0.25, -0.2) is 4.98 Å². The van der Waals surface area contributed by atoms with E-state index in [4.69, 9.17) is 0 Å². The average Bonchev–Trinajstić information content (AvgIpc) is 2.64. The Hall–Kier alpha value is -1.85. The van der Waals surface area contributed by atoms with Crippen molar-refractivity contribution in [1.82, 2.24) is 15.2 Å². The number of rotatable bonds is 1. The van der Waals surface area contributed by atoms with Gasteiger partial charge in [0.25, 0.3) is 0 Å². The number of aromatic nitrogens is 3. The lowest BCUT2D eigenvalue weighted by molar-refractivity contribution is -0.141. The van der Waals surface area contributed by atoms with Crippen LogP contribution in [0, 0.1) is 6.92 Å². The van der Waals surface area contributed by atoms with Gasteiger partial charge in [0, 0.05) is 5.69 Å². The molecule has 0 aromatic carbocycles. The first-order valence-corrected chi connectivity index (χ1v) is 4.53. The lowest BCUT2D eigenvalue weighted by Gasteiger charge is -2.05. The molecule has 0 unspecified atom stereocenters. The third-order valence-corrected chi connectivity index (χ3v) is 2.01. The predicted octanol–water partition coefficient (Wildman–Crippen LogP) is 2.80. The van der Waals surface area contributed by atoms with Crippen LogP contribution in [0.5, 0.6) is 0 Å². The van der Waals surface area contributed by atoms with E-state index in [-0.39, 0.29) is 5.69 Å². The molecule has 3 nitrogen and oxygen atoms in total. The SMILES string of the molecule is Cc1cc(-c2cccc(C(F)(F)F)n2)n[nH]1. The van der Waals surface area contributed by atoms with Crippen LogP contribution >= 0.6 is 0 Å². The summed E-state index contributed by atoms with van der Waals surface area (Å²) < 4.78 is 37.2. The van der Waals surface area contributed by atoms with Gasteiger partial charge >= 0.3 is 6.18 Å². The number of nitrogens with zero attached hydrogens (tertiary/aromatic N) is 2. The molecule has 0 saturated heterocycles. The molecule has 2 rings (SSSR count). The van der Waals surface area contributed by atoms with E-state index in [1.165, 1.54) is 12.1 Å². The van der Waals surface area contributed by atoms with Crippen molar-refractivity contribution in [1.29, 1.82) is 0 Å². The first kappa shape index (κ1) is 10.7. The molecule has 2 heterocycles. The highest BCUT2D eigenvalue weighted by atomic mass is 19.4. The molecular formula is C10H8F3N3. The van der Waals surface area contributed by atoms with Crippen LogP contribution in [0.2, 0.25) is 0 Å². The number of alkyl halides is 3. The molecular weight excluding hydrogens is 219 g/mol. The van der Waals surface area contributed by atoms with Crippen molar-refractivity contribution in [2.75, 3.05) is 0 Å². The largest absolute Gasteiger partial charge is 0.433 e. The van der Waals surface area contributed by atoms with Gasteiger partial charge in [0.1, 0.15) is 11.4 Å². The summed E-state index contributed by atoms with van der Waals surface area (Å²) in [6, 6.07) is 5.38. The minimum Gasteiger partial charge on any atom is -0.282 e. The van der Waals surface area contributed by atoms with Crippen molar-refractivity contribution in [2.45, 2.75) is 13.1 Å². The second kappa shape index (κ2) is 3.62. The van der Waals surface area contributed by atoms with Gasteiger partial charge < -0.3 is 0 Å². The van der Waals surface area contributed by atoms with E-state index >= 15 is 0 Å². The van der Waals surface area contributed by atoms with Crippen LogP contribution < -0.4 is 0 Å². The summed E-state index contributed by atoms with van der Waals surface area (Å²) in [5.74, 6) is 0. The van der Waals surface area contributed by atoms with Crippen LogP contribution in [0.4, 0.5) is 13.2 Å². The number of hydrogen-bond donors (Lipinski definition) is 1. The van der Waals surface area contributed by atoms with Crippen LogP contribution in [0.1, 0.15) is 11.4 Å². The zero-order valence-corrected chi connectivity index (χ0v) is 8.34. The monoisotopic (exact) mass is 227 g/mol. The molecule has 0 amide bonds. The normalized spacial score (nSPS) is 11.8. The Balaban J connectivity index is 2.44. The van der Waals surface area contributed by atoms with Crippen LogP contribution in [0.25, 0.3) is 11.4 Å². The van der Waals surface area contributed by atoms with Crippen molar-refractivity contribution in [3.8, 4) is 11.4 Å². The van der Waals surface area contributed by atoms with Gasteiger partial charge in [-0.15, -0.1) is 0 Å². The van der Waals surface area contributed by atoms with Gasteiger partial charge in [-0.2, -0.15) is 18.3 Å². The van der Waals surface area contributed by atoms with Crippen molar-refractivity contribution in [3.05, 3.63) is 35.7 Å². The molecule has 1 N–H and O–H groups in total. The summed E-state index contributed by atoms with van der Waals surface area (Å²) in [5.41, 5.74) is 0.475. The maximum atomic E-state index is 12.4. The summed E-state index contributed by atoms with van der Waals surface area (Å²) in [5, 5.41) is 6.51. The molecule has 0 radical (unpaired) electrons. The number of aryl methyl sites for hydroxylation is 1. The van der Waals surface area contributed by atoms with Crippen LogP contribution in [0.3, 0.4) is 0 Å². The summed E-state index contributed by atoms with van der Waals surface area (Å²) in [4.78, 5) is 3.52. The molecule has 84 valence electrons. The molecule has 0 aliphatic carbocycles. The van der Waals surface area contributed by atoms with E-state index in [1.807, 2.05) is 0 Å². The topological polar surface area (TPSA) is 41.6 Å². The summed E-state index contributed by atoms with van der Waals surface area (Å²) in [6.45, 7) is 1.77. The summed E-state index contributed by atoms with van der Waals surface area (Å²) in [6.07, 6.45) is -4.43. The zero-order valence-electron chi connectivity index (χ0n) is 8.34. The smallest absolute Gasteiger partial charge is 0.282 e. The average molecular weight is 227 g/mol. The minimum atomic E-state index is -4.43. The number of pyridine rings is 1. The Morgan fingerprint density at radius 1 is 1.19 bits per heavy atom. The fourth-order valence-corrected chi connectivity index (χ4v) is 1.28. The Labute approximate surface area is 89.3 Å². The highest BCUT2D eigenvalue weighted by Gasteiger charge is 2.32. The van der Waals surface area contributed by atoms with E-state index < -0.39 is 11.9 Å². The van der Waals surface area contributed by atoms with Crippen molar-refractivity contribution >= 4 is 0 Å². The third kappa shape index (κ3) is 2.05. The molecule has 0 saturated carbocycles. The Kier molecular flexibility index (Phi) is 2.41. The standard InChI is InChI=1S/C10H8F3N3/c1-6-5-8(16-15-6)7-3-2-4-9(14-7)10(11,12)13/h2-5H,1H3,(H,15,16). The number of aromatic amines is 1. The van der Waals surface area contributed by atoms with E-state index in [9.17, 15) is 13.2 Å². The van der Waals surface area contributed by atoms with Gasteiger partial charge in [-0.3, -0.25) is 5.10 Å². The third-order valence-electron chi connectivity index (χ3n) is 2.01. The molecule has 0 atom stereocenters. The number of halogens is 3. The lowest BCUT2D eigenvalue weighted by Crippen LogP contribution is -2.08. The van der Waals surface area contributed by atoms with Crippen molar-refractivity contribution in [3.63, 3.8) is 0 Å². The van der Waals surface area contributed by atoms with Crippen molar-refractivity contribution in [2.24, 2.45) is 0 Å². The number of H-pyrrole nitrogens is 1. The Morgan fingerprint density at radius 3 is 2.50 bits per heavy atom. The Bertz CT molecular complexity index is 502. The van der Waals surface area contributed by atoms with Crippen LogP contribution in [-0.4, -0.2) is 15.2 Å². The molecule has 16 heavy (non-hydrogen) atoms. The van der Waals surface area contributed by atoms with Gasteiger partial charge in [-0.05, 0) is 25.1 Å². The van der Waals surface area contributed by atoms with Gasteiger partial charge in [0.2, 0.25) is 0 Å². The molecule has 0 aliphatic rings. The van der Waals surface area contributed by atoms with E-state index in [2.05, 4.69) is 15.2 Å². The Morgan fingerprint density at radius 2 is 1.94 bits per heavy atom.